The Balaban J connectivity index is 2.18. The van der Waals surface area contributed by atoms with E-state index in [1.807, 2.05) is 0 Å². The van der Waals surface area contributed by atoms with Gasteiger partial charge in [0, 0.05) is 21.8 Å². The first-order valence-electron chi connectivity index (χ1n) is 5.66. The molecule has 2 aromatic rings. The first kappa shape index (κ1) is 14.3. The van der Waals surface area contributed by atoms with E-state index >= 15 is 0 Å². The van der Waals surface area contributed by atoms with Gasteiger partial charge in [-0.3, -0.25) is 0 Å². The smallest absolute Gasteiger partial charge is 0.357 e. The highest BCUT2D eigenvalue weighted by molar-refractivity contribution is 7.09. The summed E-state index contributed by atoms with van der Waals surface area (Å²) in [6, 6.07) is 5.35. The molecule has 6 heteroatoms. The molecule has 0 atom stereocenters. The number of hydrogen-bond acceptors (Lipinski definition) is 4. The van der Waals surface area contributed by atoms with Crippen LogP contribution in [0, 0.1) is 0 Å². The second-order valence-electron chi connectivity index (χ2n) is 3.72. The molecule has 0 radical (unpaired) electrons. The first-order valence-corrected chi connectivity index (χ1v) is 7.29. The Labute approximate surface area is 125 Å². The second-order valence-corrected chi connectivity index (χ2v) is 5.48. The normalized spacial score (nSPS) is 10.5. The lowest BCUT2D eigenvalue weighted by Crippen LogP contribution is -2.05. The number of hydrogen-bond donors (Lipinski definition) is 0. The standard InChI is InChI=1S/C13H11Cl2NO2S/c1-2-18-13(17)11-7-19-12(16-11)6-8-9(14)4-3-5-10(8)15/h3-5,7H,2,6H2,1H3. The minimum absolute atomic E-state index is 0.324. The Hall–Kier alpha value is -1.10. The fourth-order valence-corrected chi connectivity index (χ4v) is 2.85. The maximum atomic E-state index is 11.5. The minimum atomic E-state index is -0.407. The number of benzene rings is 1. The van der Waals surface area contributed by atoms with Crippen molar-refractivity contribution in [2.24, 2.45) is 0 Å². The number of ether oxygens (including phenoxy) is 1. The van der Waals surface area contributed by atoms with E-state index in [0.717, 1.165) is 10.6 Å². The highest BCUT2D eigenvalue weighted by atomic mass is 35.5. The topological polar surface area (TPSA) is 39.2 Å². The fourth-order valence-electron chi connectivity index (χ4n) is 1.54. The van der Waals surface area contributed by atoms with Gasteiger partial charge >= 0.3 is 5.97 Å². The molecule has 1 heterocycles. The molecule has 0 unspecified atom stereocenters. The summed E-state index contributed by atoms with van der Waals surface area (Å²) in [7, 11) is 0. The van der Waals surface area contributed by atoms with E-state index < -0.39 is 5.97 Å². The number of carbonyl (C=O) groups excluding carboxylic acids is 1. The zero-order chi connectivity index (χ0) is 13.8. The molecular weight excluding hydrogens is 305 g/mol. The molecule has 0 aliphatic rings. The Kier molecular flexibility index (Phi) is 4.80. The first-order chi connectivity index (χ1) is 9.11. The summed E-state index contributed by atoms with van der Waals surface area (Å²) in [4.78, 5) is 15.7. The van der Waals surface area contributed by atoms with E-state index in [1.54, 1.807) is 30.5 Å². The molecule has 2 rings (SSSR count). The molecule has 0 aliphatic carbocycles. The van der Waals surface area contributed by atoms with Gasteiger partial charge in [-0.15, -0.1) is 11.3 Å². The van der Waals surface area contributed by atoms with E-state index in [1.165, 1.54) is 11.3 Å². The van der Waals surface area contributed by atoms with Crippen molar-refractivity contribution < 1.29 is 9.53 Å². The van der Waals surface area contributed by atoms with Crippen LogP contribution in [0.25, 0.3) is 0 Å². The van der Waals surface area contributed by atoms with Gasteiger partial charge in [-0.2, -0.15) is 0 Å². The van der Waals surface area contributed by atoms with Crippen molar-refractivity contribution in [1.29, 1.82) is 0 Å². The zero-order valence-corrected chi connectivity index (χ0v) is 12.5. The van der Waals surface area contributed by atoms with E-state index in [0.29, 0.717) is 28.8 Å². The number of esters is 1. The average molecular weight is 316 g/mol. The maximum absolute atomic E-state index is 11.5. The lowest BCUT2D eigenvalue weighted by molar-refractivity contribution is 0.0520. The van der Waals surface area contributed by atoms with Gasteiger partial charge in [-0.1, -0.05) is 29.3 Å². The molecule has 0 saturated carbocycles. The number of rotatable bonds is 4. The molecule has 0 fully saturated rings. The molecule has 100 valence electrons. The largest absolute Gasteiger partial charge is 0.461 e. The molecule has 0 spiro atoms. The Bertz CT molecular complexity index is 578. The molecular formula is C13H11Cl2NO2S. The van der Waals surface area contributed by atoms with Crippen LogP contribution in [0.4, 0.5) is 0 Å². The zero-order valence-electron chi connectivity index (χ0n) is 10.2. The van der Waals surface area contributed by atoms with Gasteiger partial charge in [-0.05, 0) is 24.6 Å². The van der Waals surface area contributed by atoms with Crippen LogP contribution < -0.4 is 0 Å². The molecule has 0 bridgehead atoms. The lowest BCUT2D eigenvalue weighted by atomic mass is 10.1. The van der Waals surface area contributed by atoms with Gasteiger partial charge in [-0.25, -0.2) is 9.78 Å². The summed E-state index contributed by atoms with van der Waals surface area (Å²) in [5.41, 5.74) is 1.14. The van der Waals surface area contributed by atoms with Gasteiger partial charge in [0.2, 0.25) is 0 Å². The molecule has 1 aromatic carbocycles. The Morgan fingerprint density at radius 1 is 1.37 bits per heavy atom. The van der Waals surface area contributed by atoms with Crippen molar-refractivity contribution in [1.82, 2.24) is 4.98 Å². The second kappa shape index (κ2) is 6.37. The molecule has 19 heavy (non-hydrogen) atoms. The van der Waals surface area contributed by atoms with Gasteiger partial charge < -0.3 is 4.74 Å². The van der Waals surface area contributed by atoms with E-state index in [-0.39, 0.29) is 0 Å². The predicted octanol–water partition coefficient (Wildman–Crippen LogP) is 4.22. The molecule has 0 aliphatic heterocycles. The van der Waals surface area contributed by atoms with Crippen molar-refractivity contribution >= 4 is 40.5 Å². The van der Waals surface area contributed by atoms with Crippen molar-refractivity contribution in [3.63, 3.8) is 0 Å². The van der Waals surface area contributed by atoms with Crippen molar-refractivity contribution in [2.45, 2.75) is 13.3 Å². The quantitative estimate of drug-likeness (QED) is 0.793. The van der Waals surface area contributed by atoms with E-state index in [4.69, 9.17) is 27.9 Å². The minimum Gasteiger partial charge on any atom is -0.461 e. The van der Waals surface area contributed by atoms with Gasteiger partial charge in [0.05, 0.1) is 11.6 Å². The van der Waals surface area contributed by atoms with Crippen LogP contribution in [0.15, 0.2) is 23.6 Å². The fraction of sp³-hybridized carbons (Fsp3) is 0.231. The summed E-state index contributed by atoms with van der Waals surface area (Å²) in [5.74, 6) is -0.407. The number of aromatic nitrogens is 1. The summed E-state index contributed by atoms with van der Waals surface area (Å²) in [6.45, 7) is 2.09. The van der Waals surface area contributed by atoms with Crippen LogP contribution in [-0.4, -0.2) is 17.6 Å². The monoisotopic (exact) mass is 315 g/mol. The summed E-state index contributed by atoms with van der Waals surface area (Å²) in [5, 5.41) is 3.65. The molecule has 0 N–H and O–H groups in total. The van der Waals surface area contributed by atoms with Crippen molar-refractivity contribution in [2.75, 3.05) is 6.61 Å². The van der Waals surface area contributed by atoms with Crippen LogP contribution in [0.5, 0.6) is 0 Å². The highest BCUT2D eigenvalue weighted by Crippen LogP contribution is 2.27. The average Bonchev–Trinajstić information content (AvgIpc) is 2.83. The summed E-state index contributed by atoms with van der Waals surface area (Å²) >= 11 is 13.6. The van der Waals surface area contributed by atoms with Crippen molar-refractivity contribution in [3.05, 3.63) is 49.9 Å². The number of carbonyl (C=O) groups is 1. The van der Waals surface area contributed by atoms with Gasteiger partial charge in [0.1, 0.15) is 0 Å². The van der Waals surface area contributed by atoms with Crippen LogP contribution >= 0.6 is 34.5 Å². The SMILES string of the molecule is CCOC(=O)c1csc(Cc2c(Cl)cccc2Cl)n1. The van der Waals surface area contributed by atoms with Crippen LogP contribution in [0.3, 0.4) is 0 Å². The number of halogens is 2. The summed E-state index contributed by atoms with van der Waals surface area (Å²) < 4.78 is 4.89. The third-order valence-electron chi connectivity index (χ3n) is 2.43. The van der Waals surface area contributed by atoms with Crippen LogP contribution in [-0.2, 0) is 11.2 Å². The van der Waals surface area contributed by atoms with Gasteiger partial charge in [0.25, 0.3) is 0 Å². The maximum Gasteiger partial charge on any atom is 0.357 e. The Morgan fingerprint density at radius 2 is 2.05 bits per heavy atom. The van der Waals surface area contributed by atoms with Crippen molar-refractivity contribution in [3.8, 4) is 0 Å². The molecule has 0 saturated heterocycles. The summed E-state index contributed by atoms with van der Waals surface area (Å²) in [6.07, 6.45) is 0.503. The number of nitrogens with zero attached hydrogens (tertiary/aromatic N) is 1. The lowest BCUT2D eigenvalue weighted by Gasteiger charge is -2.04. The third kappa shape index (κ3) is 3.47. The Morgan fingerprint density at radius 3 is 2.68 bits per heavy atom. The third-order valence-corrected chi connectivity index (χ3v) is 3.98. The van der Waals surface area contributed by atoms with Crippen LogP contribution in [0.1, 0.15) is 28.0 Å². The highest BCUT2D eigenvalue weighted by Gasteiger charge is 2.14. The predicted molar refractivity (Wildman–Crippen MR) is 77.3 cm³/mol. The molecule has 3 nitrogen and oxygen atoms in total. The number of thiazole rings is 1. The van der Waals surface area contributed by atoms with Crippen LogP contribution in [0.2, 0.25) is 10.0 Å². The molecule has 0 amide bonds. The van der Waals surface area contributed by atoms with E-state index in [2.05, 4.69) is 4.98 Å². The molecule has 1 aromatic heterocycles. The van der Waals surface area contributed by atoms with E-state index in [9.17, 15) is 4.79 Å². The van der Waals surface area contributed by atoms with Gasteiger partial charge in [0.15, 0.2) is 5.69 Å².